The number of halogens is 1. The highest BCUT2D eigenvalue weighted by molar-refractivity contribution is 7.99. The molecule has 0 bridgehead atoms. The van der Waals surface area contributed by atoms with Crippen molar-refractivity contribution in [1.29, 1.82) is 0 Å². The first-order valence-electron chi connectivity index (χ1n) is 10.0. The van der Waals surface area contributed by atoms with Crippen LogP contribution in [0.4, 0.5) is 0 Å². The highest BCUT2D eigenvalue weighted by Gasteiger charge is 2.23. The first-order valence-corrected chi connectivity index (χ1v) is 11.3. The fourth-order valence-corrected chi connectivity index (χ4v) is 4.16. The fourth-order valence-electron chi connectivity index (χ4n) is 3.04. The Bertz CT molecular complexity index is 1160. The number of aromatic nitrogens is 5. The number of hydrogen-bond acceptors (Lipinski definition) is 7. The van der Waals surface area contributed by atoms with Crippen molar-refractivity contribution in [3.8, 4) is 22.8 Å². The first kappa shape index (κ1) is 21.4. The maximum Gasteiger partial charge on any atom is 0.239 e. The van der Waals surface area contributed by atoms with Gasteiger partial charge < -0.3 is 9.26 Å². The van der Waals surface area contributed by atoms with Gasteiger partial charge >= 0.3 is 0 Å². The number of thioether (sulfide) groups is 1. The van der Waals surface area contributed by atoms with E-state index in [1.807, 2.05) is 73.9 Å². The molecule has 0 saturated heterocycles. The summed E-state index contributed by atoms with van der Waals surface area (Å²) in [5.74, 6) is 2.71. The summed E-state index contributed by atoms with van der Waals surface area (Å²) in [5, 5.41) is 14.1. The van der Waals surface area contributed by atoms with Gasteiger partial charge in [-0.25, -0.2) is 0 Å². The van der Waals surface area contributed by atoms with Crippen LogP contribution < -0.4 is 4.74 Å². The average Bonchev–Trinajstić information content (AvgIpc) is 3.42. The fraction of sp³-hybridized carbons (Fsp3) is 0.273. The molecule has 0 spiro atoms. The van der Waals surface area contributed by atoms with E-state index < -0.39 is 0 Å². The number of aryl methyl sites for hydroxylation is 1. The van der Waals surface area contributed by atoms with Gasteiger partial charge in [-0.2, -0.15) is 4.98 Å². The molecule has 9 heteroatoms. The molecule has 0 N–H and O–H groups in total. The van der Waals surface area contributed by atoms with Crippen LogP contribution in [0.3, 0.4) is 0 Å². The van der Waals surface area contributed by atoms with Gasteiger partial charge in [0.15, 0.2) is 16.8 Å². The van der Waals surface area contributed by atoms with E-state index in [9.17, 15) is 0 Å². The van der Waals surface area contributed by atoms with Gasteiger partial charge in [-0.1, -0.05) is 47.6 Å². The van der Waals surface area contributed by atoms with Gasteiger partial charge in [-0.15, -0.1) is 10.2 Å². The monoisotopic (exact) mass is 455 g/mol. The zero-order valence-corrected chi connectivity index (χ0v) is 19.0. The minimum absolute atomic E-state index is 0.0995. The highest BCUT2D eigenvalue weighted by atomic mass is 35.5. The van der Waals surface area contributed by atoms with Crippen molar-refractivity contribution in [2.45, 2.75) is 37.6 Å². The minimum Gasteiger partial charge on any atom is -0.494 e. The lowest BCUT2D eigenvalue weighted by atomic mass is 10.2. The van der Waals surface area contributed by atoms with Crippen LogP contribution in [-0.2, 0) is 6.42 Å². The first-order chi connectivity index (χ1) is 15.1. The Morgan fingerprint density at radius 3 is 2.55 bits per heavy atom. The zero-order valence-electron chi connectivity index (χ0n) is 17.4. The quantitative estimate of drug-likeness (QED) is 0.311. The second kappa shape index (κ2) is 9.53. The van der Waals surface area contributed by atoms with Crippen LogP contribution in [0, 0.1) is 0 Å². The number of nitrogens with zero attached hydrogens (tertiary/aromatic N) is 5. The van der Waals surface area contributed by atoms with Gasteiger partial charge in [-0.3, -0.25) is 4.57 Å². The number of ether oxygens (including phenoxy) is 1. The summed E-state index contributed by atoms with van der Waals surface area (Å²) in [6, 6.07) is 15.4. The Morgan fingerprint density at radius 1 is 1.10 bits per heavy atom. The van der Waals surface area contributed by atoms with Crippen LogP contribution in [0.25, 0.3) is 17.1 Å². The van der Waals surface area contributed by atoms with Gasteiger partial charge in [0.1, 0.15) is 5.75 Å². The largest absolute Gasteiger partial charge is 0.494 e. The van der Waals surface area contributed by atoms with Gasteiger partial charge in [0, 0.05) is 17.7 Å². The van der Waals surface area contributed by atoms with E-state index in [-0.39, 0.29) is 5.25 Å². The van der Waals surface area contributed by atoms with Crippen molar-refractivity contribution in [2.75, 3.05) is 6.61 Å². The molecule has 0 saturated carbocycles. The van der Waals surface area contributed by atoms with Crippen molar-refractivity contribution in [3.63, 3.8) is 0 Å². The zero-order chi connectivity index (χ0) is 21.8. The summed E-state index contributed by atoms with van der Waals surface area (Å²) in [5.41, 5.74) is 1.70. The molecule has 1 atom stereocenters. The van der Waals surface area contributed by atoms with Crippen LogP contribution in [0.2, 0.25) is 5.02 Å². The smallest absolute Gasteiger partial charge is 0.239 e. The summed E-state index contributed by atoms with van der Waals surface area (Å²) in [7, 11) is 0. The molecule has 0 amide bonds. The lowest BCUT2D eigenvalue weighted by molar-refractivity contribution is 0.340. The van der Waals surface area contributed by atoms with Gasteiger partial charge in [-0.05, 0) is 50.2 Å². The van der Waals surface area contributed by atoms with Crippen LogP contribution >= 0.6 is 23.4 Å². The topological polar surface area (TPSA) is 78.9 Å². The van der Waals surface area contributed by atoms with Crippen LogP contribution in [-0.4, -0.2) is 31.5 Å². The molecule has 7 nitrogen and oxygen atoms in total. The Kier molecular flexibility index (Phi) is 6.58. The van der Waals surface area contributed by atoms with Crippen molar-refractivity contribution in [3.05, 3.63) is 65.3 Å². The minimum atomic E-state index is -0.0995. The lowest BCUT2D eigenvalue weighted by Gasteiger charge is -2.13. The SMILES string of the molecule is CCOc1ccc(-n2c(S[C@H](C)c3nc(CC)no3)nnc2-c2ccccc2Cl)cc1. The van der Waals surface area contributed by atoms with E-state index in [1.165, 1.54) is 11.8 Å². The van der Waals surface area contributed by atoms with Crippen LogP contribution in [0.15, 0.2) is 58.2 Å². The molecule has 0 aliphatic carbocycles. The summed E-state index contributed by atoms with van der Waals surface area (Å²) < 4.78 is 13.0. The molecule has 2 aromatic heterocycles. The lowest BCUT2D eigenvalue weighted by Crippen LogP contribution is -2.02. The van der Waals surface area contributed by atoms with Crippen molar-refractivity contribution in [1.82, 2.24) is 24.9 Å². The average molecular weight is 456 g/mol. The Labute approximate surface area is 189 Å². The normalized spacial score (nSPS) is 12.1. The molecule has 0 aliphatic heterocycles. The van der Waals surface area contributed by atoms with Crippen molar-refractivity contribution in [2.24, 2.45) is 0 Å². The molecular formula is C22H22ClN5O2S. The van der Waals surface area contributed by atoms with Gasteiger partial charge in [0.05, 0.1) is 16.9 Å². The molecule has 0 radical (unpaired) electrons. The number of benzene rings is 2. The standard InChI is InChI=1S/C22H22ClN5O2S/c1-4-19-24-21(30-27-19)14(3)31-22-26-25-20(17-8-6-7-9-18(17)23)28(22)15-10-12-16(13-11-15)29-5-2/h6-14H,4-5H2,1-3H3/t14-/m1/s1. The molecular weight excluding hydrogens is 434 g/mol. The summed E-state index contributed by atoms with van der Waals surface area (Å²) in [6.45, 7) is 6.56. The van der Waals surface area contributed by atoms with E-state index in [1.54, 1.807) is 0 Å². The van der Waals surface area contributed by atoms with Crippen molar-refractivity contribution >= 4 is 23.4 Å². The molecule has 0 unspecified atom stereocenters. The van der Waals surface area contributed by atoms with E-state index in [0.29, 0.717) is 34.3 Å². The molecule has 2 heterocycles. The highest BCUT2D eigenvalue weighted by Crippen LogP contribution is 2.37. The Hall–Kier alpha value is -2.84. The van der Waals surface area contributed by atoms with E-state index in [0.717, 1.165) is 23.4 Å². The summed E-state index contributed by atoms with van der Waals surface area (Å²) >= 11 is 7.97. The van der Waals surface area contributed by atoms with Gasteiger partial charge in [0.2, 0.25) is 5.89 Å². The maximum absolute atomic E-state index is 6.47. The second-order valence-corrected chi connectivity index (χ2v) is 8.43. The summed E-state index contributed by atoms with van der Waals surface area (Å²) in [4.78, 5) is 4.44. The molecule has 0 aliphatic rings. The summed E-state index contributed by atoms with van der Waals surface area (Å²) in [6.07, 6.45) is 0.722. The molecule has 0 fully saturated rings. The predicted molar refractivity (Wildman–Crippen MR) is 121 cm³/mol. The van der Waals surface area contributed by atoms with Crippen molar-refractivity contribution < 1.29 is 9.26 Å². The number of rotatable bonds is 8. The Morgan fingerprint density at radius 2 is 1.87 bits per heavy atom. The molecule has 160 valence electrons. The van der Waals surface area contributed by atoms with E-state index in [2.05, 4.69) is 20.3 Å². The predicted octanol–water partition coefficient (Wildman–Crippen LogP) is 5.79. The molecule has 4 rings (SSSR count). The Balaban J connectivity index is 1.75. The van der Waals surface area contributed by atoms with Crippen LogP contribution in [0.5, 0.6) is 5.75 Å². The third-order valence-electron chi connectivity index (χ3n) is 4.58. The molecule has 31 heavy (non-hydrogen) atoms. The maximum atomic E-state index is 6.47. The van der Waals surface area contributed by atoms with E-state index >= 15 is 0 Å². The van der Waals surface area contributed by atoms with E-state index in [4.69, 9.17) is 20.9 Å². The third-order valence-corrected chi connectivity index (χ3v) is 5.94. The van der Waals surface area contributed by atoms with Gasteiger partial charge in [0.25, 0.3) is 0 Å². The third kappa shape index (κ3) is 4.60. The molecule has 4 aromatic rings. The molecule has 2 aromatic carbocycles. The van der Waals surface area contributed by atoms with Crippen LogP contribution in [0.1, 0.15) is 37.7 Å². The number of hydrogen-bond donors (Lipinski definition) is 0. The second-order valence-electron chi connectivity index (χ2n) is 6.71.